The highest BCUT2D eigenvalue weighted by molar-refractivity contribution is 6.37. The number of Topliss-reactive ketones (excluding diaryl/α,β-unsaturated/α-hetero) is 1. The average Bonchev–Trinajstić information content (AvgIpc) is 3.77. The van der Waals surface area contributed by atoms with Crippen LogP contribution in [0.2, 0.25) is 0 Å². The van der Waals surface area contributed by atoms with Crippen LogP contribution in [0.1, 0.15) is 93.9 Å². The van der Waals surface area contributed by atoms with Gasteiger partial charge in [-0.2, -0.15) is 0 Å². The van der Waals surface area contributed by atoms with Gasteiger partial charge in [0.25, 0.3) is 5.91 Å². The zero-order valence-corrected chi connectivity index (χ0v) is 28.3. The van der Waals surface area contributed by atoms with Gasteiger partial charge in [-0.3, -0.25) is 24.0 Å². The summed E-state index contributed by atoms with van der Waals surface area (Å²) in [7, 11) is 0. The van der Waals surface area contributed by atoms with Crippen LogP contribution in [0.5, 0.6) is 0 Å². The Morgan fingerprint density at radius 3 is 2.13 bits per heavy atom. The lowest BCUT2D eigenvalue weighted by Crippen LogP contribution is -2.63. The number of hydrogen-bond donors (Lipinski definition) is 4. The Hall–Kier alpha value is -3.18. The molecule has 4 rings (SSSR count). The largest absolute Gasteiger partial charge is 0.363 e. The highest BCUT2D eigenvalue weighted by atomic mass is 16.2. The van der Waals surface area contributed by atoms with Crippen LogP contribution in [0.25, 0.3) is 0 Å². The maximum absolute atomic E-state index is 14.3. The fourth-order valence-electron chi connectivity index (χ4n) is 7.12. The van der Waals surface area contributed by atoms with E-state index in [1.807, 2.05) is 41.5 Å². The van der Waals surface area contributed by atoms with Gasteiger partial charge in [0.15, 0.2) is 0 Å². The summed E-state index contributed by atoms with van der Waals surface area (Å²) in [5.41, 5.74) is 4.07. The van der Waals surface area contributed by atoms with Gasteiger partial charge in [-0.05, 0) is 53.3 Å². The van der Waals surface area contributed by atoms with Crippen molar-refractivity contribution < 1.29 is 28.8 Å². The van der Waals surface area contributed by atoms with E-state index in [1.54, 1.807) is 9.80 Å². The molecule has 1 unspecified atom stereocenters. The van der Waals surface area contributed by atoms with E-state index < -0.39 is 47.2 Å². The molecule has 6 amide bonds. The van der Waals surface area contributed by atoms with Gasteiger partial charge >= 0.3 is 6.03 Å². The maximum atomic E-state index is 14.3. The molecule has 0 spiro atoms. The van der Waals surface area contributed by atoms with Crippen molar-refractivity contribution in [2.45, 2.75) is 118 Å². The van der Waals surface area contributed by atoms with E-state index in [0.717, 1.165) is 25.7 Å². The number of fused-ring (bicyclic) bond motifs is 1. The van der Waals surface area contributed by atoms with Crippen molar-refractivity contribution in [3.05, 3.63) is 0 Å². The van der Waals surface area contributed by atoms with Gasteiger partial charge < -0.3 is 31.5 Å². The van der Waals surface area contributed by atoms with Crippen molar-refractivity contribution in [1.82, 2.24) is 25.8 Å². The van der Waals surface area contributed by atoms with Crippen LogP contribution >= 0.6 is 0 Å². The van der Waals surface area contributed by atoms with Crippen LogP contribution < -0.4 is 21.7 Å². The molecule has 12 heteroatoms. The number of carbonyl (C=O) groups is 6. The molecule has 6 atom stereocenters. The molecule has 4 aliphatic rings. The number of piperidine rings is 2. The van der Waals surface area contributed by atoms with Crippen molar-refractivity contribution in [2.24, 2.45) is 39.7 Å². The first-order chi connectivity index (χ1) is 20.7. The number of urea groups is 1. The lowest BCUT2D eigenvalue weighted by Gasteiger charge is -2.40. The maximum Gasteiger partial charge on any atom is 0.315 e. The Labute approximate surface area is 267 Å². The van der Waals surface area contributed by atoms with Crippen LogP contribution in [-0.4, -0.2) is 89.0 Å². The van der Waals surface area contributed by atoms with Crippen LogP contribution in [0.3, 0.4) is 0 Å². The number of ketones is 1. The van der Waals surface area contributed by atoms with Gasteiger partial charge in [0, 0.05) is 26.1 Å². The Morgan fingerprint density at radius 2 is 1.60 bits per heavy atom. The Kier molecular flexibility index (Phi) is 9.67. The molecular weight excluding hydrogens is 576 g/mol. The zero-order chi connectivity index (χ0) is 33.6. The molecule has 2 saturated carbocycles. The molecule has 0 aromatic heterocycles. The summed E-state index contributed by atoms with van der Waals surface area (Å²) < 4.78 is 0. The van der Waals surface area contributed by atoms with E-state index in [-0.39, 0.29) is 46.4 Å². The Bertz CT molecular complexity index is 1210. The van der Waals surface area contributed by atoms with E-state index in [4.69, 9.17) is 5.73 Å². The number of amides is 6. The van der Waals surface area contributed by atoms with Crippen molar-refractivity contribution >= 4 is 35.4 Å². The molecule has 2 aliphatic heterocycles. The van der Waals surface area contributed by atoms with Gasteiger partial charge in [0.1, 0.15) is 12.1 Å². The van der Waals surface area contributed by atoms with E-state index in [2.05, 4.69) is 29.8 Å². The molecule has 2 aliphatic carbocycles. The molecule has 2 heterocycles. The number of nitrogens with zero attached hydrogens (tertiary/aromatic N) is 2. The van der Waals surface area contributed by atoms with Gasteiger partial charge in [-0.15, -0.1) is 0 Å². The highest BCUT2D eigenvalue weighted by Crippen LogP contribution is 2.65. The number of rotatable bonds is 11. The standard InChI is InChI=1S/C33H54N6O6/c1-31(2,3)21(17-38-14-10-9-11-22(38)40)36-30(45)37-26(32(4,5)6)29(44)39-16-19-23(33(19,7)8)24(39)28(43)35-20(15-18-12-13-18)25(41)27(34)42/h18-21,23-24,26H,9-17H2,1-8H3,(H2,34,42)(H,35,43)(H2,36,37,45)/t19-,20?,21+,23-,24-,26+/m0/s1. The fourth-order valence-corrected chi connectivity index (χ4v) is 7.12. The van der Waals surface area contributed by atoms with E-state index in [0.29, 0.717) is 32.5 Å². The SMILES string of the molecule is CC(C)(C)[C@H](NC(=O)N[C@H](CN1CCCCC1=O)C(C)(C)C)C(=O)N1C[C@H]2[C@@H]([C@H]1C(=O)NC(CC1CC1)C(=O)C(N)=O)C2(C)C. The van der Waals surface area contributed by atoms with E-state index >= 15 is 0 Å². The number of hydrogen-bond acceptors (Lipinski definition) is 6. The van der Waals surface area contributed by atoms with Crippen LogP contribution in [-0.2, 0) is 24.0 Å². The van der Waals surface area contributed by atoms with E-state index in [1.165, 1.54) is 0 Å². The molecule has 252 valence electrons. The van der Waals surface area contributed by atoms with Gasteiger partial charge in [-0.1, -0.05) is 68.2 Å². The number of nitrogens with two attached hydrogens (primary N) is 1. The first-order valence-electron chi connectivity index (χ1n) is 16.5. The van der Waals surface area contributed by atoms with Gasteiger partial charge in [0.05, 0.1) is 12.1 Å². The summed E-state index contributed by atoms with van der Waals surface area (Å²) in [5.74, 6) is -2.46. The summed E-state index contributed by atoms with van der Waals surface area (Å²) in [5, 5.41) is 8.73. The lowest BCUT2D eigenvalue weighted by atomic mass is 9.84. The average molecular weight is 631 g/mol. The van der Waals surface area contributed by atoms with Crippen molar-refractivity contribution in [3.8, 4) is 0 Å². The summed E-state index contributed by atoms with van der Waals surface area (Å²) in [6.45, 7) is 17.1. The minimum atomic E-state index is -1.09. The van der Waals surface area contributed by atoms with Crippen molar-refractivity contribution in [2.75, 3.05) is 19.6 Å². The number of carbonyl (C=O) groups excluding carboxylic acids is 6. The smallest absolute Gasteiger partial charge is 0.315 e. The summed E-state index contributed by atoms with van der Waals surface area (Å²) in [6, 6.07) is -3.71. The molecule has 5 N–H and O–H groups in total. The second kappa shape index (κ2) is 12.5. The molecule has 2 saturated heterocycles. The molecule has 0 bridgehead atoms. The lowest BCUT2D eigenvalue weighted by molar-refractivity contribution is -0.145. The first kappa shape index (κ1) is 34.7. The summed E-state index contributed by atoms with van der Waals surface area (Å²) >= 11 is 0. The quantitative estimate of drug-likeness (QED) is 0.254. The second-order valence-electron chi connectivity index (χ2n) is 16.5. The molecule has 0 radical (unpaired) electrons. The topological polar surface area (TPSA) is 171 Å². The van der Waals surface area contributed by atoms with Gasteiger partial charge in [0.2, 0.25) is 23.5 Å². The number of likely N-dealkylation sites (tertiary alicyclic amines) is 2. The second-order valence-corrected chi connectivity index (χ2v) is 16.5. The van der Waals surface area contributed by atoms with Crippen molar-refractivity contribution in [3.63, 3.8) is 0 Å². The summed E-state index contributed by atoms with van der Waals surface area (Å²) in [6.07, 6.45) is 4.50. The Morgan fingerprint density at radius 1 is 0.956 bits per heavy atom. The summed E-state index contributed by atoms with van der Waals surface area (Å²) in [4.78, 5) is 81.9. The number of primary amides is 1. The third kappa shape index (κ3) is 7.80. The van der Waals surface area contributed by atoms with Gasteiger partial charge in [-0.25, -0.2) is 4.79 Å². The predicted molar refractivity (Wildman–Crippen MR) is 168 cm³/mol. The highest BCUT2D eigenvalue weighted by Gasteiger charge is 2.70. The predicted octanol–water partition coefficient (Wildman–Crippen LogP) is 1.95. The minimum Gasteiger partial charge on any atom is -0.363 e. The minimum absolute atomic E-state index is 0.0807. The van der Waals surface area contributed by atoms with E-state index in [9.17, 15) is 28.8 Å². The third-order valence-electron chi connectivity index (χ3n) is 10.5. The molecule has 0 aromatic carbocycles. The van der Waals surface area contributed by atoms with Crippen LogP contribution in [0.4, 0.5) is 4.79 Å². The fraction of sp³-hybridized carbons (Fsp3) is 0.818. The molecular formula is C33H54N6O6. The molecule has 45 heavy (non-hydrogen) atoms. The monoisotopic (exact) mass is 630 g/mol. The number of nitrogens with one attached hydrogen (secondary N) is 3. The van der Waals surface area contributed by atoms with Crippen LogP contribution in [0.15, 0.2) is 0 Å². The van der Waals surface area contributed by atoms with Crippen molar-refractivity contribution in [1.29, 1.82) is 0 Å². The first-order valence-corrected chi connectivity index (χ1v) is 16.5. The molecule has 0 aromatic rings. The third-order valence-corrected chi connectivity index (χ3v) is 10.5. The molecule has 12 nitrogen and oxygen atoms in total. The zero-order valence-electron chi connectivity index (χ0n) is 28.3. The Balaban J connectivity index is 1.51. The molecule has 4 fully saturated rings. The normalized spacial score (nSPS) is 26.3. The van der Waals surface area contributed by atoms with Crippen LogP contribution in [0, 0.1) is 34.0 Å².